The molecule has 2 heterocycles. The minimum absolute atomic E-state index is 0.159. The van der Waals surface area contributed by atoms with Gasteiger partial charge in [-0.15, -0.1) is 0 Å². The highest BCUT2D eigenvalue weighted by atomic mass is 19.1. The van der Waals surface area contributed by atoms with Crippen molar-refractivity contribution in [2.75, 3.05) is 6.73 Å². The molecule has 0 amide bonds. The number of carbonyl (C=O) groups is 1. The predicted octanol–water partition coefficient (Wildman–Crippen LogP) is 4.06. The molecule has 0 aromatic heterocycles. The van der Waals surface area contributed by atoms with Crippen molar-refractivity contribution >= 4 is 11.9 Å². The average molecular weight is 351 g/mol. The van der Waals surface area contributed by atoms with Crippen LogP contribution in [-0.2, 0) is 6.54 Å². The largest absolute Gasteiger partial charge is 0.478 e. The molecule has 3 aliphatic rings. The Morgan fingerprint density at radius 2 is 2.12 bits per heavy atom. The lowest BCUT2D eigenvalue weighted by Crippen LogP contribution is -2.34. The molecule has 26 heavy (non-hydrogen) atoms. The van der Waals surface area contributed by atoms with Gasteiger partial charge < -0.3 is 9.47 Å². The van der Waals surface area contributed by atoms with E-state index in [1.807, 2.05) is 13.0 Å². The van der Waals surface area contributed by atoms with Gasteiger partial charge >= 0.3 is 0 Å². The van der Waals surface area contributed by atoms with E-state index >= 15 is 0 Å². The Morgan fingerprint density at radius 1 is 1.27 bits per heavy atom. The molecule has 5 heteroatoms. The van der Waals surface area contributed by atoms with Gasteiger partial charge in [0.15, 0.2) is 5.76 Å². The lowest BCUT2D eigenvalue weighted by Gasteiger charge is -2.30. The zero-order valence-corrected chi connectivity index (χ0v) is 14.4. The summed E-state index contributed by atoms with van der Waals surface area (Å²) in [7, 11) is 0. The molecule has 2 aliphatic heterocycles. The number of nitrogens with zero attached hydrogens (tertiary/aromatic N) is 1. The average Bonchev–Trinajstić information content (AvgIpc) is 3.41. The maximum atomic E-state index is 13.4. The maximum Gasteiger partial charge on any atom is 0.232 e. The molecular weight excluding hydrogens is 333 g/mol. The minimum Gasteiger partial charge on any atom is -0.478 e. The molecule has 0 N–H and O–H groups in total. The van der Waals surface area contributed by atoms with E-state index in [0.29, 0.717) is 29.6 Å². The Bertz CT molecular complexity index is 962. The first-order chi connectivity index (χ1) is 12.6. The van der Waals surface area contributed by atoms with Gasteiger partial charge in [0.25, 0.3) is 0 Å². The molecule has 2 aromatic carbocycles. The Kier molecular flexibility index (Phi) is 3.40. The topological polar surface area (TPSA) is 38.8 Å². The van der Waals surface area contributed by atoms with Crippen LogP contribution in [0.5, 0.6) is 11.5 Å². The first-order valence-electron chi connectivity index (χ1n) is 8.83. The van der Waals surface area contributed by atoms with Crippen LogP contribution < -0.4 is 9.47 Å². The van der Waals surface area contributed by atoms with E-state index in [4.69, 9.17) is 9.47 Å². The number of ketones is 1. The molecular formula is C21H18FNO3. The van der Waals surface area contributed by atoms with E-state index in [1.54, 1.807) is 18.2 Å². The molecule has 0 radical (unpaired) electrons. The van der Waals surface area contributed by atoms with Crippen molar-refractivity contribution in [2.24, 2.45) is 0 Å². The van der Waals surface area contributed by atoms with Crippen LogP contribution in [0, 0.1) is 12.7 Å². The lowest BCUT2D eigenvalue weighted by molar-refractivity contribution is 0.0867. The van der Waals surface area contributed by atoms with E-state index in [0.717, 1.165) is 23.4 Å². The monoisotopic (exact) mass is 351 g/mol. The lowest BCUT2D eigenvalue weighted by atomic mass is 9.98. The summed E-state index contributed by atoms with van der Waals surface area (Å²) in [5.41, 5.74) is 2.96. The number of aryl methyl sites for hydroxylation is 1. The third kappa shape index (κ3) is 2.51. The first kappa shape index (κ1) is 15.6. The smallest absolute Gasteiger partial charge is 0.232 e. The molecule has 0 saturated heterocycles. The summed E-state index contributed by atoms with van der Waals surface area (Å²) in [4.78, 5) is 15.2. The molecule has 0 unspecified atom stereocenters. The van der Waals surface area contributed by atoms with Crippen LogP contribution in [0.25, 0.3) is 6.08 Å². The zero-order chi connectivity index (χ0) is 17.8. The Balaban J connectivity index is 1.55. The highest BCUT2D eigenvalue weighted by Gasteiger charge is 2.38. The van der Waals surface area contributed by atoms with Crippen molar-refractivity contribution in [3.05, 3.63) is 64.2 Å². The Morgan fingerprint density at radius 3 is 2.88 bits per heavy atom. The second-order valence-corrected chi connectivity index (χ2v) is 7.12. The van der Waals surface area contributed by atoms with Crippen LogP contribution in [0.1, 0.15) is 39.9 Å². The number of hydrogen-bond acceptors (Lipinski definition) is 4. The van der Waals surface area contributed by atoms with E-state index in [9.17, 15) is 9.18 Å². The standard InChI is InChI=1S/C21H18FNO3/c1-12-7-17-16(10-23(11-25-17)15-5-6-15)21-19(12)20(24)18(26-21)9-13-3-2-4-14(22)8-13/h2-4,7-9,15H,5-6,10-11H2,1H3/b18-9-. The van der Waals surface area contributed by atoms with E-state index in [1.165, 1.54) is 25.0 Å². The van der Waals surface area contributed by atoms with Gasteiger partial charge in [0.05, 0.1) is 11.1 Å². The number of halogens is 1. The molecule has 5 rings (SSSR count). The zero-order valence-electron chi connectivity index (χ0n) is 14.4. The van der Waals surface area contributed by atoms with Gasteiger partial charge in [-0.2, -0.15) is 0 Å². The molecule has 1 fully saturated rings. The number of rotatable bonds is 2. The van der Waals surface area contributed by atoms with Gasteiger partial charge in [-0.3, -0.25) is 9.69 Å². The summed E-state index contributed by atoms with van der Waals surface area (Å²) >= 11 is 0. The van der Waals surface area contributed by atoms with Crippen LogP contribution in [-0.4, -0.2) is 23.5 Å². The third-order valence-corrected chi connectivity index (χ3v) is 5.16. The number of hydrogen-bond donors (Lipinski definition) is 0. The van der Waals surface area contributed by atoms with Gasteiger partial charge in [-0.1, -0.05) is 12.1 Å². The molecule has 0 spiro atoms. The van der Waals surface area contributed by atoms with E-state index < -0.39 is 0 Å². The van der Waals surface area contributed by atoms with Crippen molar-refractivity contribution < 1.29 is 18.7 Å². The second-order valence-electron chi connectivity index (χ2n) is 7.12. The molecule has 1 saturated carbocycles. The fourth-order valence-corrected chi connectivity index (χ4v) is 3.67. The van der Waals surface area contributed by atoms with Crippen LogP contribution in [0.4, 0.5) is 4.39 Å². The number of carbonyl (C=O) groups excluding carboxylic acids is 1. The number of Topliss-reactive ketones (excluding diaryl/α,β-unsaturated/α-hetero) is 1. The number of benzene rings is 2. The van der Waals surface area contributed by atoms with Crippen LogP contribution in [0.2, 0.25) is 0 Å². The highest BCUT2D eigenvalue weighted by Crippen LogP contribution is 2.45. The summed E-state index contributed by atoms with van der Waals surface area (Å²) < 4.78 is 25.3. The molecule has 0 atom stereocenters. The number of fused-ring (bicyclic) bond motifs is 3. The maximum absolute atomic E-state index is 13.4. The molecule has 2 aromatic rings. The van der Waals surface area contributed by atoms with Crippen molar-refractivity contribution in [3.8, 4) is 11.5 Å². The van der Waals surface area contributed by atoms with Gasteiger partial charge in [0.1, 0.15) is 24.0 Å². The first-order valence-corrected chi connectivity index (χ1v) is 8.83. The van der Waals surface area contributed by atoms with Crippen LogP contribution in [0.15, 0.2) is 36.1 Å². The minimum atomic E-state index is -0.343. The summed E-state index contributed by atoms with van der Waals surface area (Å²) in [5.74, 6) is 1.11. The number of allylic oxidation sites excluding steroid dienone is 1. The third-order valence-electron chi connectivity index (χ3n) is 5.16. The summed E-state index contributed by atoms with van der Waals surface area (Å²) in [6.07, 6.45) is 3.98. The van der Waals surface area contributed by atoms with E-state index in [2.05, 4.69) is 4.90 Å². The molecule has 132 valence electrons. The normalized spacial score (nSPS) is 20.5. The predicted molar refractivity (Wildman–Crippen MR) is 94.6 cm³/mol. The van der Waals surface area contributed by atoms with Gasteiger partial charge in [-0.25, -0.2) is 4.39 Å². The van der Waals surface area contributed by atoms with Crippen LogP contribution >= 0.6 is 0 Å². The molecule has 0 bridgehead atoms. The fraction of sp³-hybridized carbons (Fsp3) is 0.286. The van der Waals surface area contributed by atoms with Gasteiger partial charge in [0.2, 0.25) is 5.78 Å². The summed E-state index contributed by atoms with van der Waals surface area (Å²) in [6, 6.07) is 8.61. The van der Waals surface area contributed by atoms with Gasteiger partial charge in [-0.05, 0) is 55.2 Å². The van der Waals surface area contributed by atoms with Gasteiger partial charge in [0, 0.05) is 12.6 Å². The number of ether oxygens (including phenoxy) is 2. The highest BCUT2D eigenvalue weighted by molar-refractivity contribution is 6.15. The fourth-order valence-electron chi connectivity index (χ4n) is 3.67. The SMILES string of the molecule is Cc1cc2c(c3c1C(=O)/C(=C/c1cccc(F)c1)O3)CN(C1CC1)CO2. The molecule has 1 aliphatic carbocycles. The van der Waals surface area contributed by atoms with Crippen LogP contribution in [0.3, 0.4) is 0 Å². The Labute approximate surface area is 150 Å². The van der Waals surface area contributed by atoms with Crippen molar-refractivity contribution in [1.29, 1.82) is 0 Å². The van der Waals surface area contributed by atoms with Crippen molar-refractivity contribution in [3.63, 3.8) is 0 Å². The van der Waals surface area contributed by atoms with E-state index in [-0.39, 0.29) is 17.4 Å². The van der Waals surface area contributed by atoms with Crippen molar-refractivity contribution in [1.82, 2.24) is 4.90 Å². The van der Waals surface area contributed by atoms with Crippen molar-refractivity contribution in [2.45, 2.75) is 32.4 Å². The summed E-state index contributed by atoms with van der Waals surface area (Å²) in [6.45, 7) is 3.20. The second kappa shape index (κ2) is 5.68. The Hall–Kier alpha value is -2.66. The quantitative estimate of drug-likeness (QED) is 0.765. The molecule has 4 nitrogen and oxygen atoms in total. The summed E-state index contributed by atoms with van der Waals surface area (Å²) in [5, 5.41) is 0.